The molecule has 2 N–H and O–H groups in total. The third kappa shape index (κ3) is 5.11. The maximum absolute atomic E-state index is 12.7. The van der Waals surface area contributed by atoms with Crippen LogP contribution in [0.15, 0.2) is 23.0 Å². The summed E-state index contributed by atoms with van der Waals surface area (Å²) < 4.78 is 5.81. The van der Waals surface area contributed by atoms with Crippen LogP contribution in [0, 0.1) is 13.8 Å². The van der Waals surface area contributed by atoms with Gasteiger partial charge in [-0.25, -0.2) is 0 Å². The molecule has 1 aliphatic rings. The van der Waals surface area contributed by atoms with Gasteiger partial charge in [-0.1, -0.05) is 25.0 Å². The average molecular weight is 402 g/mol. The molecule has 3 rings (SSSR count). The van der Waals surface area contributed by atoms with E-state index < -0.39 is 0 Å². The molecule has 0 aliphatic carbocycles. The van der Waals surface area contributed by atoms with Crippen LogP contribution in [0.5, 0.6) is 0 Å². The van der Waals surface area contributed by atoms with E-state index in [0.29, 0.717) is 18.2 Å². The van der Waals surface area contributed by atoms with Gasteiger partial charge in [0.05, 0.1) is 18.2 Å². The fourth-order valence-corrected chi connectivity index (χ4v) is 4.03. The minimum absolute atomic E-state index is 0.0480. The van der Waals surface area contributed by atoms with E-state index in [1.807, 2.05) is 13.0 Å². The van der Waals surface area contributed by atoms with Crippen LogP contribution in [0.25, 0.3) is 10.9 Å². The molecule has 0 unspecified atom stereocenters. The van der Waals surface area contributed by atoms with Gasteiger partial charge < -0.3 is 19.9 Å². The van der Waals surface area contributed by atoms with Crippen molar-refractivity contribution in [1.29, 1.82) is 0 Å². The van der Waals surface area contributed by atoms with E-state index in [0.717, 1.165) is 60.9 Å². The van der Waals surface area contributed by atoms with Gasteiger partial charge in [-0.2, -0.15) is 0 Å². The first-order valence-corrected chi connectivity index (χ1v) is 10.7. The van der Waals surface area contributed by atoms with Crippen molar-refractivity contribution in [3.05, 3.63) is 45.2 Å². The number of unbranched alkanes of at least 4 members (excludes halogenated alkanes) is 1. The minimum atomic E-state index is -0.0480. The Morgan fingerprint density at radius 2 is 2.18 bits per heavy atom. The van der Waals surface area contributed by atoms with E-state index >= 15 is 0 Å². The van der Waals surface area contributed by atoms with Crippen molar-refractivity contribution in [2.45, 2.75) is 59.1 Å². The molecule has 1 aromatic carbocycles. The molecule has 2 heterocycles. The smallest absolute Gasteiger partial charge is 0.253 e. The number of H-pyrrole nitrogens is 1. The van der Waals surface area contributed by atoms with Crippen LogP contribution in [0.2, 0.25) is 0 Å². The molecular formula is C22H31N3O2S. The Labute approximate surface area is 172 Å². The van der Waals surface area contributed by atoms with Gasteiger partial charge in [0.25, 0.3) is 5.56 Å². The highest BCUT2D eigenvalue weighted by atomic mass is 32.1. The Hall–Kier alpha value is -1.92. The number of fused-ring (bicyclic) bond motifs is 1. The molecule has 1 aromatic heterocycles. The Morgan fingerprint density at radius 1 is 1.36 bits per heavy atom. The number of aromatic amines is 1. The van der Waals surface area contributed by atoms with Crippen molar-refractivity contribution in [2.24, 2.45) is 0 Å². The summed E-state index contributed by atoms with van der Waals surface area (Å²) in [7, 11) is 0. The van der Waals surface area contributed by atoms with Gasteiger partial charge in [-0.15, -0.1) is 0 Å². The predicted molar refractivity (Wildman–Crippen MR) is 119 cm³/mol. The van der Waals surface area contributed by atoms with Crippen molar-refractivity contribution in [2.75, 3.05) is 19.7 Å². The lowest BCUT2D eigenvalue weighted by atomic mass is 10.1. The summed E-state index contributed by atoms with van der Waals surface area (Å²) in [5.74, 6) is 0. The van der Waals surface area contributed by atoms with Crippen LogP contribution >= 0.6 is 12.2 Å². The lowest BCUT2D eigenvalue weighted by Crippen LogP contribution is -2.44. The van der Waals surface area contributed by atoms with Gasteiger partial charge in [0, 0.05) is 25.3 Å². The number of nitrogens with one attached hydrogen (secondary N) is 2. The zero-order valence-corrected chi connectivity index (χ0v) is 18.0. The highest BCUT2D eigenvalue weighted by Gasteiger charge is 2.22. The molecule has 0 bridgehead atoms. The van der Waals surface area contributed by atoms with Crippen LogP contribution in [-0.4, -0.2) is 40.8 Å². The maximum atomic E-state index is 12.7. The summed E-state index contributed by atoms with van der Waals surface area (Å²) in [6, 6.07) is 6.21. The Kier molecular flexibility index (Phi) is 7.08. The SMILES string of the molecule is CCCCNC(=S)N(Cc1cc2cc(C)cc(C)c2[nH]c1=O)C[C@H]1CCCO1. The summed E-state index contributed by atoms with van der Waals surface area (Å²) in [5, 5.41) is 5.10. The second-order valence-electron chi connectivity index (χ2n) is 7.77. The van der Waals surface area contributed by atoms with Crippen LogP contribution < -0.4 is 10.9 Å². The van der Waals surface area contributed by atoms with Gasteiger partial charge in [0.2, 0.25) is 0 Å². The first kappa shape index (κ1) is 20.8. The molecule has 28 heavy (non-hydrogen) atoms. The number of rotatable bonds is 7. The molecule has 0 radical (unpaired) electrons. The summed E-state index contributed by atoms with van der Waals surface area (Å²) in [4.78, 5) is 17.9. The van der Waals surface area contributed by atoms with Crippen LogP contribution in [0.1, 0.15) is 49.3 Å². The van der Waals surface area contributed by atoms with E-state index in [4.69, 9.17) is 17.0 Å². The molecule has 1 aliphatic heterocycles. The molecule has 2 aromatic rings. The third-order valence-electron chi connectivity index (χ3n) is 5.27. The second-order valence-corrected chi connectivity index (χ2v) is 8.16. The molecule has 1 atom stereocenters. The van der Waals surface area contributed by atoms with Gasteiger partial charge >= 0.3 is 0 Å². The molecule has 152 valence electrons. The Morgan fingerprint density at radius 3 is 2.89 bits per heavy atom. The molecule has 0 amide bonds. The summed E-state index contributed by atoms with van der Waals surface area (Å²) >= 11 is 5.65. The van der Waals surface area contributed by atoms with E-state index in [1.54, 1.807) is 0 Å². The standard InChI is InChI=1S/C22H31N3O2S/c1-4-5-8-23-22(28)25(14-19-7-6-9-27-19)13-18-12-17-11-15(2)10-16(3)20(17)24-21(18)26/h10-12,19H,4-9,13-14H2,1-3H3,(H,23,28)(H,24,26)/t19-/m1/s1. The lowest BCUT2D eigenvalue weighted by molar-refractivity contribution is 0.0897. The molecular weight excluding hydrogens is 370 g/mol. The number of hydrogen-bond donors (Lipinski definition) is 2. The second kappa shape index (κ2) is 9.52. The van der Waals surface area contributed by atoms with Crippen molar-refractivity contribution in [3.8, 4) is 0 Å². The largest absolute Gasteiger partial charge is 0.376 e. The van der Waals surface area contributed by atoms with Gasteiger partial charge in [-0.3, -0.25) is 4.79 Å². The van der Waals surface area contributed by atoms with Gasteiger partial charge in [0.1, 0.15) is 0 Å². The summed E-state index contributed by atoms with van der Waals surface area (Å²) in [5.41, 5.74) is 3.87. The molecule has 1 saturated heterocycles. The first-order chi connectivity index (χ1) is 13.5. The van der Waals surface area contributed by atoms with Gasteiger partial charge in [-0.05, 0) is 68.4 Å². The third-order valence-corrected chi connectivity index (χ3v) is 5.68. The average Bonchev–Trinajstić information content (AvgIpc) is 3.15. The fraction of sp³-hybridized carbons (Fsp3) is 0.545. The van der Waals surface area contributed by atoms with Crippen LogP contribution in [0.4, 0.5) is 0 Å². The zero-order chi connectivity index (χ0) is 20.1. The van der Waals surface area contributed by atoms with E-state index in [9.17, 15) is 4.79 Å². The van der Waals surface area contributed by atoms with E-state index in [2.05, 4.69) is 41.2 Å². The van der Waals surface area contributed by atoms with Crippen molar-refractivity contribution in [1.82, 2.24) is 15.2 Å². The summed E-state index contributed by atoms with van der Waals surface area (Å²) in [6.07, 6.45) is 4.49. The van der Waals surface area contributed by atoms with Crippen LogP contribution in [0.3, 0.4) is 0 Å². The highest BCUT2D eigenvalue weighted by Crippen LogP contribution is 2.19. The van der Waals surface area contributed by atoms with Gasteiger partial charge in [0.15, 0.2) is 5.11 Å². The number of nitrogens with zero attached hydrogens (tertiary/aromatic N) is 1. The Bertz CT molecular complexity index is 887. The topological polar surface area (TPSA) is 57.4 Å². The van der Waals surface area contributed by atoms with Crippen molar-refractivity contribution < 1.29 is 4.74 Å². The highest BCUT2D eigenvalue weighted by molar-refractivity contribution is 7.80. The number of ether oxygens (including phenoxy) is 1. The number of benzene rings is 1. The normalized spacial score (nSPS) is 16.5. The Balaban J connectivity index is 1.84. The number of aryl methyl sites for hydroxylation is 2. The monoisotopic (exact) mass is 401 g/mol. The molecule has 5 nitrogen and oxygen atoms in total. The van der Waals surface area contributed by atoms with Crippen molar-refractivity contribution in [3.63, 3.8) is 0 Å². The molecule has 0 saturated carbocycles. The number of pyridine rings is 1. The summed E-state index contributed by atoms with van der Waals surface area (Å²) in [6.45, 7) is 9.12. The molecule has 0 spiro atoms. The fourth-order valence-electron chi connectivity index (χ4n) is 3.79. The van der Waals surface area contributed by atoms with Crippen molar-refractivity contribution >= 4 is 28.2 Å². The molecule has 1 fully saturated rings. The number of aromatic nitrogens is 1. The first-order valence-electron chi connectivity index (χ1n) is 10.3. The number of thiocarbonyl (C=S) groups is 1. The lowest BCUT2D eigenvalue weighted by Gasteiger charge is -2.28. The predicted octanol–water partition coefficient (Wildman–Crippen LogP) is 3.80. The van der Waals surface area contributed by atoms with Crippen LogP contribution in [-0.2, 0) is 11.3 Å². The van der Waals surface area contributed by atoms with E-state index in [1.165, 1.54) is 5.56 Å². The quantitative estimate of drug-likeness (QED) is 0.546. The maximum Gasteiger partial charge on any atom is 0.253 e. The number of hydrogen-bond acceptors (Lipinski definition) is 3. The zero-order valence-electron chi connectivity index (χ0n) is 17.1. The molecule has 6 heteroatoms. The van der Waals surface area contributed by atoms with E-state index in [-0.39, 0.29) is 11.7 Å². The minimum Gasteiger partial charge on any atom is -0.376 e.